The summed E-state index contributed by atoms with van der Waals surface area (Å²) in [5, 5.41) is 13.4. The molecule has 72 valence electrons. The molecule has 0 unspecified atom stereocenters. The van der Waals surface area contributed by atoms with Gasteiger partial charge in [0.2, 0.25) is 0 Å². The number of hydrogen-bond acceptors (Lipinski definition) is 3. The third-order valence-electron chi connectivity index (χ3n) is 1.97. The molecule has 0 fully saturated rings. The van der Waals surface area contributed by atoms with Gasteiger partial charge in [0.1, 0.15) is 12.1 Å². The van der Waals surface area contributed by atoms with Crippen molar-refractivity contribution < 1.29 is 5.11 Å². The fourth-order valence-electron chi connectivity index (χ4n) is 1.19. The molecule has 0 radical (unpaired) electrons. The van der Waals surface area contributed by atoms with Crippen LogP contribution in [0, 0.1) is 0 Å². The zero-order valence-corrected chi connectivity index (χ0v) is 7.88. The lowest BCUT2D eigenvalue weighted by atomic mass is 10.3. The molecule has 0 saturated carbocycles. The summed E-state index contributed by atoms with van der Waals surface area (Å²) < 4.78 is 1.69. The quantitative estimate of drug-likeness (QED) is 0.779. The molecule has 1 heterocycles. The maximum absolute atomic E-state index is 9.11. The maximum atomic E-state index is 9.11. The zero-order valence-electron chi connectivity index (χ0n) is 7.88. The van der Waals surface area contributed by atoms with Gasteiger partial charge in [-0.15, -0.1) is 0 Å². The second-order valence-corrected chi connectivity index (χ2v) is 2.98. The molecule has 1 N–H and O–H groups in total. The van der Waals surface area contributed by atoms with Crippen molar-refractivity contribution in [2.75, 3.05) is 0 Å². The van der Waals surface area contributed by atoms with E-state index in [1.165, 1.54) is 0 Å². The Labute approximate surface area is 81.8 Å². The zero-order chi connectivity index (χ0) is 9.97. The van der Waals surface area contributed by atoms with Crippen LogP contribution in [0.5, 0.6) is 5.75 Å². The van der Waals surface area contributed by atoms with Gasteiger partial charge in [0.25, 0.3) is 0 Å². The first-order valence-electron chi connectivity index (χ1n) is 4.49. The summed E-state index contributed by atoms with van der Waals surface area (Å²) in [6.45, 7) is 2.01. The van der Waals surface area contributed by atoms with Gasteiger partial charge >= 0.3 is 0 Å². The van der Waals surface area contributed by atoms with Crippen molar-refractivity contribution in [3.63, 3.8) is 0 Å². The molecule has 0 atom stereocenters. The van der Waals surface area contributed by atoms with E-state index in [0.717, 1.165) is 17.9 Å². The van der Waals surface area contributed by atoms with Crippen LogP contribution in [0.4, 0.5) is 0 Å². The van der Waals surface area contributed by atoms with Crippen molar-refractivity contribution in [3.05, 3.63) is 36.4 Å². The number of phenols is 1. The van der Waals surface area contributed by atoms with Crippen LogP contribution in [0.3, 0.4) is 0 Å². The van der Waals surface area contributed by atoms with Crippen LogP contribution < -0.4 is 0 Å². The van der Waals surface area contributed by atoms with E-state index in [1.54, 1.807) is 35.3 Å². The Bertz CT molecular complexity index is 419. The molecule has 1 aromatic heterocycles. The number of phenolic OH excluding ortho intramolecular Hbond substituents is 1. The second kappa shape index (κ2) is 3.49. The highest BCUT2D eigenvalue weighted by molar-refractivity contribution is 5.35. The molecule has 0 spiro atoms. The maximum Gasteiger partial charge on any atom is 0.150 e. The topological polar surface area (TPSA) is 50.9 Å². The Kier molecular flexibility index (Phi) is 2.18. The minimum absolute atomic E-state index is 0.254. The van der Waals surface area contributed by atoms with Gasteiger partial charge in [0, 0.05) is 6.42 Å². The lowest BCUT2D eigenvalue weighted by molar-refractivity contribution is 0.475. The van der Waals surface area contributed by atoms with Gasteiger partial charge in [0.15, 0.2) is 5.82 Å². The number of aromatic nitrogens is 3. The van der Waals surface area contributed by atoms with Crippen LogP contribution in [0.25, 0.3) is 5.69 Å². The van der Waals surface area contributed by atoms with Gasteiger partial charge < -0.3 is 5.11 Å². The van der Waals surface area contributed by atoms with E-state index in [9.17, 15) is 0 Å². The van der Waals surface area contributed by atoms with E-state index in [4.69, 9.17) is 5.11 Å². The van der Waals surface area contributed by atoms with Gasteiger partial charge in [-0.1, -0.05) is 6.92 Å². The van der Waals surface area contributed by atoms with Crippen LogP contribution in [0.1, 0.15) is 12.7 Å². The predicted octanol–water partition coefficient (Wildman–Crippen LogP) is 1.54. The van der Waals surface area contributed by atoms with E-state index in [1.807, 2.05) is 6.92 Å². The van der Waals surface area contributed by atoms with Gasteiger partial charge in [-0.2, -0.15) is 5.10 Å². The molecule has 0 aliphatic rings. The Morgan fingerprint density at radius 3 is 2.57 bits per heavy atom. The molecular weight excluding hydrogens is 178 g/mol. The smallest absolute Gasteiger partial charge is 0.150 e. The lowest BCUT2D eigenvalue weighted by Gasteiger charge is -1.99. The standard InChI is InChI=1S/C10H11N3O/c1-2-10-11-7-13(12-10)8-3-5-9(14)6-4-8/h3-7,14H,2H2,1H3. The summed E-state index contributed by atoms with van der Waals surface area (Å²) in [6, 6.07) is 6.85. The van der Waals surface area contributed by atoms with Crippen LogP contribution in [0.2, 0.25) is 0 Å². The normalized spacial score (nSPS) is 10.4. The molecular formula is C10H11N3O. The highest BCUT2D eigenvalue weighted by Gasteiger charge is 2.00. The Morgan fingerprint density at radius 2 is 2.00 bits per heavy atom. The summed E-state index contributed by atoms with van der Waals surface area (Å²) in [4.78, 5) is 4.12. The molecule has 4 nitrogen and oxygen atoms in total. The number of benzene rings is 1. The molecule has 2 rings (SSSR count). The summed E-state index contributed by atoms with van der Waals surface area (Å²) in [5.41, 5.74) is 0.898. The van der Waals surface area contributed by atoms with E-state index in [2.05, 4.69) is 10.1 Å². The third-order valence-corrected chi connectivity index (χ3v) is 1.97. The van der Waals surface area contributed by atoms with Crippen molar-refractivity contribution >= 4 is 0 Å². The average Bonchev–Trinajstić information content (AvgIpc) is 2.67. The van der Waals surface area contributed by atoms with E-state index >= 15 is 0 Å². The second-order valence-electron chi connectivity index (χ2n) is 2.98. The SMILES string of the molecule is CCc1ncn(-c2ccc(O)cc2)n1. The monoisotopic (exact) mass is 189 g/mol. The van der Waals surface area contributed by atoms with E-state index in [-0.39, 0.29) is 5.75 Å². The van der Waals surface area contributed by atoms with E-state index in [0.29, 0.717) is 0 Å². The van der Waals surface area contributed by atoms with Crippen molar-refractivity contribution in [2.45, 2.75) is 13.3 Å². The highest BCUT2D eigenvalue weighted by Crippen LogP contribution is 2.12. The fraction of sp³-hybridized carbons (Fsp3) is 0.200. The first kappa shape index (κ1) is 8.74. The van der Waals surface area contributed by atoms with Crippen LogP contribution in [-0.2, 0) is 6.42 Å². The summed E-state index contributed by atoms with van der Waals surface area (Å²) in [6.07, 6.45) is 2.50. The summed E-state index contributed by atoms with van der Waals surface area (Å²) in [7, 11) is 0. The molecule has 1 aromatic carbocycles. The molecule has 2 aromatic rings. The summed E-state index contributed by atoms with van der Waals surface area (Å²) in [5.74, 6) is 1.07. The third kappa shape index (κ3) is 1.59. The number of aryl methyl sites for hydroxylation is 1. The molecule has 0 saturated heterocycles. The van der Waals surface area contributed by atoms with Crippen molar-refractivity contribution in [2.24, 2.45) is 0 Å². The fourth-order valence-corrected chi connectivity index (χ4v) is 1.19. The van der Waals surface area contributed by atoms with Crippen LogP contribution >= 0.6 is 0 Å². The largest absolute Gasteiger partial charge is 0.508 e. The van der Waals surface area contributed by atoms with Crippen molar-refractivity contribution in [1.29, 1.82) is 0 Å². The number of hydrogen-bond donors (Lipinski definition) is 1. The molecule has 14 heavy (non-hydrogen) atoms. The van der Waals surface area contributed by atoms with Crippen molar-refractivity contribution in [3.8, 4) is 11.4 Å². The summed E-state index contributed by atoms with van der Waals surface area (Å²) >= 11 is 0. The van der Waals surface area contributed by atoms with Crippen molar-refractivity contribution in [1.82, 2.24) is 14.8 Å². The Morgan fingerprint density at radius 1 is 1.29 bits per heavy atom. The number of nitrogens with zero attached hydrogens (tertiary/aromatic N) is 3. The molecule has 4 heteroatoms. The Balaban J connectivity index is 2.34. The lowest BCUT2D eigenvalue weighted by Crippen LogP contribution is -1.94. The first-order chi connectivity index (χ1) is 6.79. The Hall–Kier alpha value is -1.84. The number of rotatable bonds is 2. The first-order valence-corrected chi connectivity index (χ1v) is 4.49. The average molecular weight is 189 g/mol. The minimum atomic E-state index is 0.254. The minimum Gasteiger partial charge on any atom is -0.508 e. The van der Waals surface area contributed by atoms with Gasteiger partial charge in [-0.05, 0) is 24.3 Å². The van der Waals surface area contributed by atoms with Gasteiger partial charge in [-0.25, -0.2) is 9.67 Å². The molecule has 0 aliphatic heterocycles. The predicted molar refractivity (Wildman–Crippen MR) is 52.4 cm³/mol. The van der Waals surface area contributed by atoms with Gasteiger partial charge in [0.05, 0.1) is 5.69 Å². The van der Waals surface area contributed by atoms with Crippen LogP contribution in [0.15, 0.2) is 30.6 Å². The molecule has 0 bridgehead atoms. The van der Waals surface area contributed by atoms with Gasteiger partial charge in [-0.3, -0.25) is 0 Å². The van der Waals surface area contributed by atoms with Crippen LogP contribution in [-0.4, -0.2) is 19.9 Å². The van der Waals surface area contributed by atoms with E-state index < -0.39 is 0 Å². The number of aromatic hydroxyl groups is 1. The molecule has 0 aliphatic carbocycles. The molecule has 0 amide bonds. The highest BCUT2D eigenvalue weighted by atomic mass is 16.3.